The van der Waals surface area contributed by atoms with E-state index in [1.807, 2.05) is 0 Å². The lowest BCUT2D eigenvalue weighted by Gasteiger charge is -2.17. The molecule has 5 heteroatoms. The maximum atomic E-state index is 11.9. The third-order valence-corrected chi connectivity index (χ3v) is 3.83. The molecule has 0 saturated heterocycles. The lowest BCUT2D eigenvalue weighted by atomic mass is 9.87. The first-order chi connectivity index (χ1) is 8.52. The molecular formula is C13H11Cl2NO2. The Balaban J connectivity index is 2.37. The van der Waals surface area contributed by atoms with E-state index in [1.54, 1.807) is 19.1 Å². The molecule has 0 spiro atoms. The Kier molecular flexibility index (Phi) is 3.52. The monoisotopic (exact) mass is 283 g/mol. The van der Waals surface area contributed by atoms with Gasteiger partial charge in [0.25, 0.3) is 0 Å². The van der Waals surface area contributed by atoms with Crippen LogP contribution in [0.25, 0.3) is 0 Å². The third kappa shape index (κ3) is 2.07. The quantitative estimate of drug-likeness (QED) is 0.784. The normalized spacial score (nSPS) is 15.9. The van der Waals surface area contributed by atoms with Crippen molar-refractivity contribution in [2.75, 3.05) is 6.61 Å². The summed E-state index contributed by atoms with van der Waals surface area (Å²) in [4.78, 5) is 11.9. The molecule has 0 N–H and O–H groups in total. The standard InChI is InChI=1S/C13H11Cl2NO2/c1-2-18-12(17)13(7-16)5-8-3-10(14)11(15)4-9(8)6-13/h3-4H,2,5-6H2,1H3. The summed E-state index contributed by atoms with van der Waals surface area (Å²) >= 11 is 11.9. The first-order valence-corrected chi connectivity index (χ1v) is 6.33. The van der Waals surface area contributed by atoms with Crippen molar-refractivity contribution < 1.29 is 9.53 Å². The summed E-state index contributed by atoms with van der Waals surface area (Å²) in [6.07, 6.45) is 0.656. The van der Waals surface area contributed by atoms with Gasteiger partial charge in [0.2, 0.25) is 0 Å². The Morgan fingerprint density at radius 2 is 1.89 bits per heavy atom. The molecule has 2 rings (SSSR count). The molecule has 0 heterocycles. The summed E-state index contributed by atoms with van der Waals surface area (Å²) < 4.78 is 4.98. The molecule has 3 nitrogen and oxygen atoms in total. The second-order valence-electron chi connectivity index (χ2n) is 4.30. The minimum absolute atomic E-state index is 0.264. The summed E-state index contributed by atoms with van der Waals surface area (Å²) in [5.41, 5.74) is 0.643. The molecule has 1 aliphatic rings. The van der Waals surface area contributed by atoms with E-state index in [4.69, 9.17) is 27.9 Å². The molecule has 0 aromatic heterocycles. The molecule has 0 saturated carbocycles. The fraction of sp³-hybridized carbons (Fsp3) is 0.385. The van der Waals surface area contributed by atoms with Crippen LogP contribution in [0.2, 0.25) is 10.0 Å². The van der Waals surface area contributed by atoms with E-state index >= 15 is 0 Å². The Hall–Kier alpha value is -1.24. The minimum Gasteiger partial charge on any atom is -0.465 e. The van der Waals surface area contributed by atoms with Crippen LogP contribution in [0.1, 0.15) is 18.1 Å². The van der Waals surface area contributed by atoms with Gasteiger partial charge in [-0.3, -0.25) is 4.79 Å². The van der Waals surface area contributed by atoms with Crippen molar-refractivity contribution in [2.24, 2.45) is 5.41 Å². The first kappa shape index (κ1) is 13.2. The van der Waals surface area contributed by atoms with Crippen LogP contribution in [-0.2, 0) is 22.4 Å². The van der Waals surface area contributed by atoms with Crippen LogP contribution in [0.4, 0.5) is 0 Å². The number of esters is 1. The predicted molar refractivity (Wildman–Crippen MR) is 68.5 cm³/mol. The van der Waals surface area contributed by atoms with Crippen LogP contribution in [0, 0.1) is 16.7 Å². The number of hydrogen-bond donors (Lipinski definition) is 0. The van der Waals surface area contributed by atoms with Crippen LogP contribution in [-0.4, -0.2) is 12.6 Å². The fourth-order valence-electron chi connectivity index (χ4n) is 2.21. The van der Waals surface area contributed by atoms with Crippen molar-refractivity contribution >= 4 is 29.2 Å². The van der Waals surface area contributed by atoms with Gasteiger partial charge in [0, 0.05) is 12.8 Å². The number of hydrogen-bond acceptors (Lipinski definition) is 3. The summed E-state index contributed by atoms with van der Waals surface area (Å²) in [6, 6.07) is 5.53. The van der Waals surface area contributed by atoms with E-state index in [2.05, 4.69) is 6.07 Å². The van der Waals surface area contributed by atoms with Crippen LogP contribution >= 0.6 is 23.2 Å². The highest BCUT2D eigenvalue weighted by Gasteiger charge is 2.46. The minimum atomic E-state index is -1.13. The van der Waals surface area contributed by atoms with Gasteiger partial charge in [0.15, 0.2) is 5.41 Å². The number of nitriles is 1. The smallest absolute Gasteiger partial charge is 0.327 e. The highest BCUT2D eigenvalue weighted by Crippen LogP contribution is 2.40. The van der Waals surface area contributed by atoms with E-state index in [1.165, 1.54) is 0 Å². The molecule has 0 fully saturated rings. The molecule has 18 heavy (non-hydrogen) atoms. The van der Waals surface area contributed by atoms with Crippen molar-refractivity contribution in [3.05, 3.63) is 33.3 Å². The Morgan fingerprint density at radius 1 is 1.39 bits per heavy atom. The molecule has 1 aromatic rings. The summed E-state index contributed by atoms with van der Waals surface area (Å²) in [7, 11) is 0. The Morgan fingerprint density at radius 3 is 2.28 bits per heavy atom. The molecule has 0 radical (unpaired) electrons. The number of halogens is 2. The number of benzene rings is 1. The molecule has 0 atom stereocenters. The molecule has 0 amide bonds. The van der Waals surface area contributed by atoms with Gasteiger partial charge in [-0.05, 0) is 30.2 Å². The topological polar surface area (TPSA) is 50.1 Å². The average molecular weight is 284 g/mol. The summed E-state index contributed by atoms with van der Waals surface area (Å²) in [5.74, 6) is -0.476. The van der Waals surface area contributed by atoms with Gasteiger partial charge in [0.1, 0.15) is 0 Å². The van der Waals surface area contributed by atoms with Crippen molar-refractivity contribution in [3.63, 3.8) is 0 Å². The largest absolute Gasteiger partial charge is 0.465 e. The second-order valence-corrected chi connectivity index (χ2v) is 5.12. The number of carbonyl (C=O) groups excluding carboxylic acids is 1. The second kappa shape index (κ2) is 4.79. The number of rotatable bonds is 2. The van der Waals surface area contributed by atoms with Crippen LogP contribution < -0.4 is 0 Å². The number of nitrogens with zero attached hydrogens (tertiary/aromatic N) is 1. The predicted octanol–water partition coefficient (Wildman–Crippen LogP) is 3.17. The zero-order valence-electron chi connectivity index (χ0n) is 9.80. The molecular weight excluding hydrogens is 273 g/mol. The number of ether oxygens (including phenoxy) is 1. The molecule has 0 unspecified atom stereocenters. The van der Waals surface area contributed by atoms with Crippen LogP contribution in [0.5, 0.6) is 0 Å². The maximum Gasteiger partial charge on any atom is 0.327 e. The van der Waals surface area contributed by atoms with Crippen molar-refractivity contribution in [2.45, 2.75) is 19.8 Å². The maximum absolute atomic E-state index is 11.9. The van der Waals surface area contributed by atoms with E-state index in [0.29, 0.717) is 22.9 Å². The van der Waals surface area contributed by atoms with Gasteiger partial charge in [-0.2, -0.15) is 5.26 Å². The zero-order chi connectivity index (χ0) is 13.3. The third-order valence-electron chi connectivity index (χ3n) is 3.11. The zero-order valence-corrected chi connectivity index (χ0v) is 11.3. The van der Waals surface area contributed by atoms with Gasteiger partial charge in [-0.1, -0.05) is 23.2 Å². The first-order valence-electron chi connectivity index (χ1n) is 5.57. The van der Waals surface area contributed by atoms with E-state index in [-0.39, 0.29) is 6.61 Å². The van der Waals surface area contributed by atoms with Crippen molar-refractivity contribution in [1.82, 2.24) is 0 Å². The Bertz CT molecular complexity index is 518. The highest BCUT2D eigenvalue weighted by molar-refractivity contribution is 6.42. The molecule has 1 aromatic carbocycles. The van der Waals surface area contributed by atoms with Crippen LogP contribution in [0.15, 0.2) is 12.1 Å². The van der Waals surface area contributed by atoms with Gasteiger partial charge >= 0.3 is 5.97 Å². The number of fused-ring (bicyclic) bond motifs is 1. The van der Waals surface area contributed by atoms with Gasteiger partial charge in [0.05, 0.1) is 22.7 Å². The molecule has 0 bridgehead atoms. The highest BCUT2D eigenvalue weighted by atomic mass is 35.5. The van der Waals surface area contributed by atoms with Gasteiger partial charge in [-0.15, -0.1) is 0 Å². The fourth-order valence-corrected chi connectivity index (χ4v) is 2.58. The average Bonchev–Trinajstić information content (AvgIpc) is 2.69. The molecule has 94 valence electrons. The Labute approximate surface area is 115 Å². The lowest BCUT2D eigenvalue weighted by molar-refractivity contribution is -0.151. The number of carbonyl (C=O) groups is 1. The summed E-state index contributed by atoms with van der Waals surface area (Å²) in [5, 5.41) is 10.2. The van der Waals surface area contributed by atoms with E-state index in [9.17, 15) is 10.1 Å². The van der Waals surface area contributed by atoms with E-state index in [0.717, 1.165) is 11.1 Å². The lowest BCUT2D eigenvalue weighted by Crippen LogP contribution is -2.32. The SMILES string of the molecule is CCOC(=O)C1(C#N)Cc2cc(Cl)c(Cl)cc2C1. The van der Waals surface area contributed by atoms with Gasteiger partial charge in [-0.25, -0.2) is 0 Å². The van der Waals surface area contributed by atoms with E-state index < -0.39 is 11.4 Å². The molecule has 1 aliphatic carbocycles. The van der Waals surface area contributed by atoms with Gasteiger partial charge < -0.3 is 4.74 Å². The van der Waals surface area contributed by atoms with Crippen molar-refractivity contribution in [1.29, 1.82) is 5.26 Å². The van der Waals surface area contributed by atoms with Crippen LogP contribution in [0.3, 0.4) is 0 Å². The molecule has 0 aliphatic heterocycles. The summed E-state index contributed by atoms with van der Waals surface area (Å²) in [6.45, 7) is 1.99. The van der Waals surface area contributed by atoms with Crippen molar-refractivity contribution in [3.8, 4) is 6.07 Å².